The highest BCUT2D eigenvalue weighted by Gasteiger charge is 2.19. The molecule has 1 aliphatic rings. The number of fused-ring (bicyclic) bond motifs is 1. The molecular weight excluding hydrogens is 332 g/mol. The normalized spacial score (nSPS) is 14.0. The first-order valence-corrected chi connectivity index (χ1v) is 9.86. The molecule has 132 valence electrons. The molecule has 1 aromatic carbocycles. The summed E-state index contributed by atoms with van der Waals surface area (Å²) in [5, 5.41) is 9.95. The molecule has 0 saturated heterocycles. The fraction of sp³-hybridized carbons (Fsp3) is 0.400. The SMILES string of the molecule is O=c1nc(SC/C=C/c2ccccc2)c2c(n1CCCO)CCCC2. The fourth-order valence-electron chi connectivity index (χ4n) is 3.20. The average Bonchev–Trinajstić information content (AvgIpc) is 2.65. The molecule has 0 spiro atoms. The zero-order valence-corrected chi connectivity index (χ0v) is 15.2. The number of rotatable bonds is 7. The van der Waals surface area contributed by atoms with Gasteiger partial charge in [0, 0.05) is 30.2 Å². The lowest BCUT2D eigenvalue weighted by Crippen LogP contribution is -2.30. The van der Waals surface area contributed by atoms with Crippen molar-refractivity contribution in [3.8, 4) is 0 Å². The van der Waals surface area contributed by atoms with E-state index in [4.69, 9.17) is 5.11 Å². The van der Waals surface area contributed by atoms with E-state index >= 15 is 0 Å². The molecule has 1 aliphatic carbocycles. The number of benzene rings is 1. The molecular formula is C20H24N2O2S. The predicted molar refractivity (Wildman–Crippen MR) is 103 cm³/mol. The van der Waals surface area contributed by atoms with Gasteiger partial charge < -0.3 is 5.11 Å². The van der Waals surface area contributed by atoms with E-state index in [2.05, 4.69) is 29.3 Å². The summed E-state index contributed by atoms with van der Waals surface area (Å²) in [4.78, 5) is 16.7. The Morgan fingerprint density at radius 2 is 2.00 bits per heavy atom. The Bertz CT molecular complexity index is 784. The molecule has 0 bridgehead atoms. The lowest BCUT2D eigenvalue weighted by molar-refractivity contribution is 0.277. The van der Waals surface area contributed by atoms with E-state index in [0.29, 0.717) is 13.0 Å². The van der Waals surface area contributed by atoms with Crippen LogP contribution >= 0.6 is 11.8 Å². The molecule has 25 heavy (non-hydrogen) atoms. The van der Waals surface area contributed by atoms with E-state index in [9.17, 15) is 4.79 Å². The Kier molecular flexibility index (Phi) is 6.48. The molecule has 5 heteroatoms. The number of aromatic nitrogens is 2. The van der Waals surface area contributed by atoms with Gasteiger partial charge in [-0.1, -0.05) is 42.5 Å². The summed E-state index contributed by atoms with van der Waals surface area (Å²) >= 11 is 1.64. The lowest BCUT2D eigenvalue weighted by Gasteiger charge is -2.22. The van der Waals surface area contributed by atoms with E-state index in [-0.39, 0.29) is 12.3 Å². The molecule has 0 atom stereocenters. The highest BCUT2D eigenvalue weighted by molar-refractivity contribution is 7.99. The van der Waals surface area contributed by atoms with Gasteiger partial charge >= 0.3 is 5.69 Å². The second-order valence-electron chi connectivity index (χ2n) is 6.18. The quantitative estimate of drug-likeness (QED) is 0.611. The maximum Gasteiger partial charge on any atom is 0.348 e. The number of nitrogens with zero attached hydrogens (tertiary/aromatic N) is 2. The maximum atomic E-state index is 12.4. The molecule has 3 rings (SSSR count). The van der Waals surface area contributed by atoms with Crippen molar-refractivity contribution < 1.29 is 5.11 Å². The van der Waals surface area contributed by atoms with E-state index < -0.39 is 0 Å². The average molecular weight is 356 g/mol. The topological polar surface area (TPSA) is 55.1 Å². The molecule has 1 heterocycles. The van der Waals surface area contributed by atoms with Crippen molar-refractivity contribution >= 4 is 17.8 Å². The van der Waals surface area contributed by atoms with Crippen LogP contribution in [-0.4, -0.2) is 27.0 Å². The Balaban J connectivity index is 1.76. The van der Waals surface area contributed by atoms with Crippen LogP contribution < -0.4 is 5.69 Å². The number of aliphatic hydroxyl groups excluding tert-OH is 1. The van der Waals surface area contributed by atoms with Crippen molar-refractivity contribution in [2.24, 2.45) is 0 Å². The van der Waals surface area contributed by atoms with Gasteiger partial charge in [0.05, 0.1) is 0 Å². The number of hydrogen-bond donors (Lipinski definition) is 1. The zero-order chi connectivity index (χ0) is 17.5. The predicted octanol–water partition coefficient (Wildman–Crippen LogP) is 3.31. The van der Waals surface area contributed by atoms with Gasteiger partial charge in [-0.2, -0.15) is 4.98 Å². The molecule has 0 aliphatic heterocycles. The van der Waals surface area contributed by atoms with E-state index in [1.54, 1.807) is 16.3 Å². The second-order valence-corrected chi connectivity index (χ2v) is 7.19. The maximum absolute atomic E-state index is 12.4. The van der Waals surface area contributed by atoms with Crippen LogP contribution in [0.4, 0.5) is 0 Å². The lowest BCUT2D eigenvalue weighted by atomic mass is 9.97. The van der Waals surface area contributed by atoms with E-state index in [1.807, 2.05) is 18.2 Å². The van der Waals surface area contributed by atoms with Crippen molar-refractivity contribution in [2.45, 2.75) is 43.7 Å². The van der Waals surface area contributed by atoms with Gasteiger partial charge in [0.15, 0.2) is 0 Å². The van der Waals surface area contributed by atoms with Crippen LogP contribution in [0.1, 0.15) is 36.1 Å². The van der Waals surface area contributed by atoms with Crippen LogP contribution in [0.15, 0.2) is 46.2 Å². The van der Waals surface area contributed by atoms with Crippen LogP contribution in [0.5, 0.6) is 0 Å². The van der Waals surface area contributed by atoms with Crippen LogP contribution in [0.3, 0.4) is 0 Å². The summed E-state index contributed by atoms with van der Waals surface area (Å²) in [5.41, 5.74) is 3.37. The standard InChI is InChI=1S/C20H24N2O2S/c23-14-7-13-22-18-12-5-4-11-17(18)19(21-20(22)24)25-15-6-10-16-8-2-1-3-9-16/h1-3,6,8-10,23H,4-5,7,11-15H2/b10-6+. The van der Waals surface area contributed by atoms with Crippen LogP contribution in [0.2, 0.25) is 0 Å². The summed E-state index contributed by atoms with van der Waals surface area (Å²) in [6.07, 6.45) is 9.02. The van der Waals surface area contributed by atoms with Crippen molar-refractivity contribution in [2.75, 3.05) is 12.4 Å². The second kappa shape index (κ2) is 9.02. The number of thioether (sulfide) groups is 1. The van der Waals surface area contributed by atoms with Gasteiger partial charge in [0.1, 0.15) is 5.03 Å². The third kappa shape index (κ3) is 4.61. The monoisotopic (exact) mass is 356 g/mol. The molecule has 1 aromatic heterocycles. The van der Waals surface area contributed by atoms with Gasteiger partial charge in [0.25, 0.3) is 0 Å². The summed E-state index contributed by atoms with van der Waals surface area (Å²) < 4.78 is 1.77. The highest BCUT2D eigenvalue weighted by atomic mass is 32.2. The van der Waals surface area contributed by atoms with Crippen molar-refractivity contribution in [1.82, 2.24) is 9.55 Å². The van der Waals surface area contributed by atoms with Crippen LogP contribution in [0, 0.1) is 0 Å². The molecule has 2 aromatic rings. The van der Waals surface area contributed by atoms with Crippen LogP contribution in [-0.2, 0) is 19.4 Å². The minimum absolute atomic E-state index is 0.0992. The van der Waals surface area contributed by atoms with E-state index in [0.717, 1.165) is 42.2 Å². The number of aliphatic hydroxyl groups is 1. The minimum atomic E-state index is -0.177. The Morgan fingerprint density at radius 3 is 2.80 bits per heavy atom. The molecule has 0 saturated carbocycles. The Labute approximate surface area is 152 Å². The molecule has 1 N–H and O–H groups in total. The summed E-state index contributed by atoms with van der Waals surface area (Å²) in [5.74, 6) is 0.800. The fourth-order valence-corrected chi connectivity index (χ4v) is 4.09. The van der Waals surface area contributed by atoms with Gasteiger partial charge in [-0.3, -0.25) is 4.57 Å². The minimum Gasteiger partial charge on any atom is -0.396 e. The zero-order valence-electron chi connectivity index (χ0n) is 14.4. The molecule has 0 amide bonds. The largest absolute Gasteiger partial charge is 0.396 e. The Hall–Kier alpha value is -1.85. The van der Waals surface area contributed by atoms with Gasteiger partial charge in [-0.15, -0.1) is 11.8 Å². The molecule has 4 nitrogen and oxygen atoms in total. The smallest absolute Gasteiger partial charge is 0.348 e. The first-order valence-electron chi connectivity index (χ1n) is 8.87. The first kappa shape index (κ1) is 18.0. The van der Waals surface area contributed by atoms with E-state index in [1.165, 1.54) is 11.1 Å². The Morgan fingerprint density at radius 1 is 1.20 bits per heavy atom. The van der Waals surface area contributed by atoms with Crippen molar-refractivity contribution in [3.63, 3.8) is 0 Å². The number of hydrogen-bond acceptors (Lipinski definition) is 4. The summed E-state index contributed by atoms with van der Waals surface area (Å²) in [6.45, 7) is 0.658. The highest BCUT2D eigenvalue weighted by Crippen LogP contribution is 2.28. The molecule has 0 fully saturated rings. The third-order valence-corrected chi connectivity index (χ3v) is 5.39. The van der Waals surface area contributed by atoms with Gasteiger partial charge in [-0.25, -0.2) is 4.79 Å². The first-order chi connectivity index (χ1) is 12.3. The van der Waals surface area contributed by atoms with Gasteiger partial charge in [0.2, 0.25) is 0 Å². The molecule has 0 radical (unpaired) electrons. The third-order valence-electron chi connectivity index (χ3n) is 4.42. The van der Waals surface area contributed by atoms with Gasteiger partial charge in [-0.05, 0) is 37.7 Å². The summed E-state index contributed by atoms with van der Waals surface area (Å²) in [6, 6.07) is 10.2. The summed E-state index contributed by atoms with van der Waals surface area (Å²) in [7, 11) is 0. The van der Waals surface area contributed by atoms with Crippen molar-refractivity contribution in [3.05, 3.63) is 63.7 Å². The van der Waals surface area contributed by atoms with Crippen molar-refractivity contribution in [1.29, 1.82) is 0 Å². The van der Waals surface area contributed by atoms with Crippen LogP contribution in [0.25, 0.3) is 6.08 Å². The molecule has 0 unspecified atom stereocenters.